The molecule has 8 nitrogen and oxygen atoms in total. The summed E-state index contributed by atoms with van der Waals surface area (Å²) in [5.41, 5.74) is 1.95. The van der Waals surface area contributed by atoms with Crippen LogP contribution in [-0.4, -0.2) is 53.5 Å². The molecule has 1 aliphatic rings. The monoisotopic (exact) mass is 433 g/mol. The third-order valence-electron chi connectivity index (χ3n) is 4.49. The van der Waals surface area contributed by atoms with Crippen molar-refractivity contribution in [3.63, 3.8) is 0 Å². The van der Waals surface area contributed by atoms with Crippen molar-refractivity contribution in [2.75, 3.05) is 32.1 Å². The van der Waals surface area contributed by atoms with Crippen molar-refractivity contribution >= 4 is 23.6 Å². The number of esters is 1. The van der Waals surface area contributed by atoms with Crippen molar-refractivity contribution in [3.05, 3.63) is 24.4 Å². The van der Waals surface area contributed by atoms with Crippen LogP contribution in [0.25, 0.3) is 11.3 Å². The highest BCUT2D eigenvalue weighted by Crippen LogP contribution is 2.35. The number of hydrogen-bond donors (Lipinski definition) is 1. The Kier molecular flexibility index (Phi) is 8.01. The van der Waals surface area contributed by atoms with E-state index in [0.29, 0.717) is 39.2 Å². The molecule has 3 rings (SSSR count). The Morgan fingerprint density at radius 1 is 1.23 bits per heavy atom. The van der Waals surface area contributed by atoms with Crippen LogP contribution in [-0.2, 0) is 20.9 Å². The minimum atomic E-state index is -0.238. The molecule has 2 heterocycles. The van der Waals surface area contributed by atoms with Crippen LogP contribution in [0.15, 0.2) is 29.6 Å². The average Bonchev–Trinajstić information content (AvgIpc) is 3.18. The molecular weight excluding hydrogens is 406 g/mol. The lowest BCUT2D eigenvalue weighted by atomic mass is 10.1. The highest BCUT2D eigenvalue weighted by atomic mass is 32.2. The number of carbonyl (C=O) groups excluding carboxylic acids is 2. The summed E-state index contributed by atoms with van der Waals surface area (Å²) in [5, 5.41) is 3.61. The molecule has 0 saturated heterocycles. The maximum absolute atomic E-state index is 12.1. The first-order chi connectivity index (χ1) is 14.6. The lowest BCUT2D eigenvalue weighted by Crippen LogP contribution is -2.26. The van der Waals surface area contributed by atoms with Crippen LogP contribution in [0.2, 0.25) is 0 Å². The van der Waals surface area contributed by atoms with Crippen LogP contribution in [0.3, 0.4) is 0 Å². The number of ether oxygens (including phenoxy) is 3. The van der Waals surface area contributed by atoms with Crippen molar-refractivity contribution in [1.82, 2.24) is 14.9 Å². The third-order valence-corrected chi connectivity index (χ3v) is 5.48. The molecule has 1 N–H and O–H groups in total. The Hall–Kier alpha value is -2.68. The van der Waals surface area contributed by atoms with Crippen LogP contribution in [0, 0.1) is 0 Å². The van der Waals surface area contributed by atoms with Crippen molar-refractivity contribution in [2.24, 2.45) is 0 Å². The fraction of sp³-hybridized carbons (Fsp3) is 0.476. The van der Waals surface area contributed by atoms with Gasteiger partial charge in [0.1, 0.15) is 13.2 Å². The van der Waals surface area contributed by atoms with Gasteiger partial charge in [0.15, 0.2) is 16.7 Å². The van der Waals surface area contributed by atoms with Crippen molar-refractivity contribution in [1.29, 1.82) is 0 Å². The smallest absolute Gasteiger partial charge is 0.305 e. The summed E-state index contributed by atoms with van der Waals surface area (Å²) >= 11 is 1.39. The molecular formula is C21H27N3O5S. The van der Waals surface area contributed by atoms with E-state index in [0.717, 1.165) is 34.5 Å². The number of rotatable bonds is 10. The number of nitrogens with one attached hydrogen (secondary N) is 1. The van der Waals surface area contributed by atoms with Crippen LogP contribution < -0.4 is 14.8 Å². The Balaban J connectivity index is 1.54. The molecule has 0 fully saturated rings. The number of hydrogen-bond acceptors (Lipinski definition) is 7. The zero-order chi connectivity index (χ0) is 21.3. The molecule has 162 valence electrons. The molecule has 2 aromatic rings. The second kappa shape index (κ2) is 10.9. The first-order valence-corrected chi connectivity index (χ1v) is 11.1. The van der Waals surface area contributed by atoms with E-state index in [1.165, 1.54) is 11.8 Å². The molecule has 1 amide bonds. The minimum Gasteiger partial charge on any atom is -0.486 e. The fourth-order valence-electron chi connectivity index (χ4n) is 3.09. The molecule has 0 atom stereocenters. The molecule has 0 aliphatic carbocycles. The van der Waals surface area contributed by atoms with Crippen LogP contribution in [0.5, 0.6) is 11.5 Å². The zero-order valence-electron chi connectivity index (χ0n) is 17.3. The van der Waals surface area contributed by atoms with Gasteiger partial charge in [-0.05, 0) is 38.5 Å². The minimum absolute atomic E-state index is 0.0876. The van der Waals surface area contributed by atoms with E-state index in [1.807, 2.05) is 31.3 Å². The molecule has 30 heavy (non-hydrogen) atoms. The Morgan fingerprint density at radius 2 is 2.03 bits per heavy atom. The number of thioether (sulfide) groups is 1. The number of carbonyl (C=O) groups is 2. The van der Waals surface area contributed by atoms with Crippen molar-refractivity contribution < 1.29 is 23.8 Å². The molecule has 0 unspecified atom stereocenters. The molecule has 1 aromatic carbocycles. The van der Waals surface area contributed by atoms with Crippen LogP contribution in [0.4, 0.5) is 0 Å². The van der Waals surface area contributed by atoms with E-state index in [4.69, 9.17) is 14.2 Å². The summed E-state index contributed by atoms with van der Waals surface area (Å²) in [6.07, 6.45) is 2.68. The van der Waals surface area contributed by atoms with E-state index in [9.17, 15) is 9.59 Å². The van der Waals surface area contributed by atoms with E-state index in [1.54, 1.807) is 6.92 Å². The van der Waals surface area contributed by atoms with Gasteiger partial charge in [-0.25, -0.2) is 4.98 Å². The summed E-state index contributed by atoms with van der Waals surface area (Å²) < 4.78 is 18.2. The van der Waals surface area contributed by atoms with Crippen molar-refractivity contribution in [3.8, 4) is 22.8 Å². The van der Waals surface area contributed by atoms with E-state index >= 15 is 0 Å². The zero-order valence-corrected chi connectivity index (χ0v) is 18.1. The second-order valence-electron chi connectivity index (χ2n) is 6.58. The third kappa shape index (κ3) is 5.69. The lowest BCUT2D eigenvalue weighted by molar-refractivity contribution is -0.143. The number of amides is 1. The van der Waals surface area contributed by atoms with Gasteiger partial charge in [-0.15, -0.1) is 0 Å². The van der Waals surface area contributed by atoms with Gasteiger partial charge in [-0.2, -0.15) is 0 Å². The summed E-state index contributed by atoms with van der Waals surface area (Å²) in [5.74, 6) is 1.42. The molecule has 0 bridgehead atoms. The summed E-state index contributed by atoms with van der Waals surface area (Å²) in [6, 6.07) is 5.86. The Bertz CT molecular complexity index is 884. The number of fused-ring (bicyclic) bond motifs is 1. The summed E-state index contributed by atoms with van der Waals surface area (Å²) in [6.45, 7) is 6.47. The second-order valence-corrected chi connectivity index (χ2v) is 7.52. The Labute approximate surface area is 180 Å². The van der Waals surface area contributed by atoms with Gasteiger partial charge in [0, 0.05) is 25.1 Å². The standard InChI is InChI=1S/C21H27N3O5S/c1-3-24-16(15-7-8-17-18(12-15)29-11-10-28-17)13-23-21(24)30-14-19(25)22-9-5-6-20(26)27-4-2/h7-8,12-13H,3-6,9-11,14H2,1-2H3,(H,22,25). The largest absolute Gasteiger partial charge is 0.486 e. The molecule has 0 radical (unpaired) electrons. The van der Waals surface area contributed by atoms with Gasteiger partial charge in [0.05, 0.1) is 24.3 Å². The molecule has 0 saturated carbocycles. The number of nitrogens with zero attached hydrogens (tertiary/aromatic N) is 2. The van der Waals surface area contributed by atoms with E-state index in [2.05, 4.69) is 14.9 Å². The van der Waals surface area contributed by atoms with Gasteiger partial charge >= 0.3 is 5.97 Å². The SMILES string of the molecule is CCOC(=O)CCCNC(=O)CSc1ncc(-c2ccc3c(c2)OCCO3)n1CC. The lowest BCUT2D eigenvalue weighted by Gasteiger charge is -2.19. The Morgan fingerprint density at radius 3 is 2.80 bits per heavy atom. The summed E-state index contributed by atoms with van der Waals surface area (Å²) in [7, 11) is 0. The first kappa shape index (κ1) is 22.0. The normalized spacial score (nSPS) is 12.5. The van der Waals surface area contributed by atoms with Crippen LogP contribution >= 0.6 is 11.8 Å². The predicted molar refractivity (Wildman–Crippen MR) is 114 cm³/mol. The highest BCUT2D eigenvalue weighted by Gasteiger charge is 2.17. The van der Waals surface area contributed by atoms with Crippen LogP contribution in [0.1, 0.15) is 26.7 Å². The van der Waals surface area contributed by atoms with Gasteiger partial charge in [0.2, 0.25) is 5.91 Å². The molecule has 1 aromatic heterocycles. The van der Waals surface area contributed by atoms with Gasteiger partial charge < -0.3 is 24.1 Å². The highest BCUT2D eigenvalue weighted by molar-refractivity contribution is 7.99. The molecule has 9 heteroatoms. The van der Waals surface area contributed by atoms with Gasteiger partial charge in [-0.3, -0.25) is 9.59 Å². The van der Waals surface area contributed by atoms with E-state index < -0.39 is 0 Å². The average molecular weight is 434 g/mol. The van der Waals surface area contributed by atoms with Gasteiger partial charge in [0.25, 0.3) is 0 Å². The topological polar surface area (TPSA) is 91.7 Å². The molecule has 0 spiro atoms. The van der Waals surface area contributed by atoms with Gasteiger partial charge in [-0.1, -0.05) is 11.8 Å². The predicted octanol–water partition coefficient (Wildman–Crippen LogP) is 2.89. The maximum atomic E-state index is 12.1. The molecule has 1 aliphatic heterocycles. The summed E-state index contributed by atoms with van der Waals surface area (Å²) in [4.78, 5) is 27.9. The number of benzene rings is 1. The number of aromatic nitrogens is 2. The number of imidazole rings is 1. The maximum Gasteiger partial charge on any atom is 0.305 e. The quantitative estimate of drug-likeness (QED) is 0.350. The van der Waals surface area contributed by atoms with Crippen molar-refractivity contribution in [2.45, 2.75) is 38.4 Å². The fourth-order valence-corrected chi connectivity index (χ4v) is 3.96. The van der Waals surface area contributed by atoms with E-state index in [-0.39, 0.29) is 17.6 Å². The first-order valence-electron chi connectivity index (χ1n) is 10.1.